The quantitative estimate of drug-likeness (QED) is 0.531. The van der Waals surface area contributed by atoms with Gasteiger partial charge in [-0.2, -0.15) is 0 Å². The van der Waals surface area contributed by atoms with Crippen LogP contribution in [0.3, 0.4) is 0 Å². The minimum Gasteiger partial charge on any atom is -0.502 e. The second kappa shape index (κ2) is 6.88. The smallest absolute Gasteiger partial charge is 0.312 e. The summed E-state index contributed by atoms with van der Waals surface area (Å²) in [5.74, 6) is -0.400. The van der Waals surface area contributed by atoms with Crippen molar-refractivity contribution in [2.75, 3.05) is 6.54 Å². The molecule has 0 aliphatic heterocycles. The number of nitro groups is 1. The van der Waals surface area contributed by atoms with E-state index in [1.807, 2.05) is 13.8 Å². The Balaban J connectivity index is 2.81. The molecule has 112 valence electrons. The number of aromatic hydroxyl groups is 1. The summed E-state index contributed by atoms with van der Waals surface area (Å²) >= 11 is 5.80. The fourth-order valence-electron chi connectivity index (χ4n) is 1.84. The number of nitro benzene ring substituents is 1. The number of nitrogens with zero attached hydrogens (tertiary/aromatic N) is 1. The predicted octanol–water partition coefficient (Wildman–Crippen LogP) is 2.59. The minimum atomic E-state index is -0.819. The predicted molar refractivity (Wildman–Crippen MR) is 77.0 cm³/mol. The van der Waals surface area contributed by atoms with E-state index in [-0.39, 0.29) is 11.6 Å². The van der Waals surface area contributed by atoms with Crippen LogP contribution in [0.15, 0.2) is 12.1 Å². The van der Waals surface area contributed by atoms with Crippen molar-refractivity contribution in [2.45, 2.75) is 38.8 Å². The van der Waals surface area contributed by atoms with E-state index in [9.17, 15) is 20.3 Å². The number of phenols is 1. The van der Waals surface area contributed by atoms with Crippen LogP contribution >= 0.6 is 11.6 Å². The maximum Gasteiger partial charge on any atom is 0.312 e. The van der Waals surface area contributed by atoms with Crippen molar-refractivity contribution < 1.29 is 15.1 Å². The first-order valence-electron chi connectivity index (χ1n) is 6.42. The largest absolute Gasteiger partial charge is 0.502 e. The second-order valence-corrected chi connectivity index (χ2v) is 5.16. The summed E-state index contributed by atoms with van der Waals surface area (Å²) in [6.07, 6.45) is 1.19. The van der Waals surface area contributed by atoms with E-state index in [1.54, 1.807) is 0 Å². The molecule has 0 amide bonds. The first-order chi connectivity index (χ1) is 9.33. The van der Waals surface area contributed by atoms with Crippen LogP contribution in [0.1, 0.15) is 32.3 Å². The molecule has 0 saturated heterocycles. The Labute approximate surface area is 122 Å². The number of nitrogens with one attached hydrogen (secondary N) is 1. The van der Waals surface area contributed by atoms with Gasteiger partial charge in [-0.15, -0.1) is 0 Å². The molecule has 3 N–H and O–H groups in total. The van der Waals surface area contributed by atoms with E-state index in [1.165, 1.54) is 6.07 Å². The zero-order chi connectivity index (χ0) is 15.3. The van der Waals surface area contributed by atoms with Crippen LogP contribution in [0.4, 0.5) is 5.69 Å². The first kappa shape index (κ1) is 16.7. The van der Waals surface area contributed by atoms with Gasteiger partial charge in [0.1, 0.15) is 0 Å². The highest BCUT2D eigenvalue weighted by atomic mass is 35.5. The fraction of sp³-hybridized carbons (Fsp3) is 0.538. The Morgan fingerprint density at radius 3 is 2.50 bits per heavy atom. The highest BCUT2D eigenvalue weighted by molar-refractivity contribution is 6.31. The van der Waals surface area contributed by atoms with E-state index in [0.717, 1.165) is 6.07 Å². The molecule has 0 fully saturated rings. The van der Waals surface area contributed by atoms with Crippen molar-refractivity contribution in [1.29, 1.82) is 0 Å². The van der Waals surface area contributed by atoms with Gasteiger partial charge in [-0.3, -0.25) is 10.1 Å². The molecular weight excluding hydrogens is 284 g/mol. The lowest BCUT2D eigenvalue weighted by Gasteiger charge is -2.25. The van der Waals surface area contributed by atoms with Crippen LogP contribution < -0.4 is 5.32 Å². The topological polar surface area (TPSA) is 95.6 Å². The number of benzene rings is 1. The molecule has 1 rings (SSSR count). The molecule has 0 bridgehead atoms. The summed E-state index contributed by atoms with van der Waals surface area (Å²) in [5.41, 5.74) is -0.908. The summed E-state index contributed by atoms with van der Waals surface area (Å²) in [7, 11) is 0. The van der Waals surface area contributed by atoms with Gasteiger partial charge in [0, 0.05) is 29.7 Å². The average molecular weight is 303 g/mol. The minimum absolute atomic E-state index is 0.188. The number of hydrogen-bond donors (Lipinski definition) is 3. The average Bonchev–Trinajstić information content (AvgIpc) is 2.41. The summed E-state index contributed by atoms with van der Waals surface area (Å²) in [5, 5.41) is 33.9. The molecule has 0 heterocycles. The zero-order valence-electron chi connectivity index (χ0n) is 11.5. The van der Waals surface area contributed by atoms with Crippen molar-refractivity contribution in [2.24, 2.45) is 0 Å². The van der Waals surface area contributed by atoms with Gasteiger partial charge in [-0.25, -0.2) is 0 Å². The molecule has 20 heavy (non-hydrogen) atoms. The van der Waals surface area contributed by atoms with Gasteiger partial charge in [0.2, 0.25) is 0 Å². The SMILES string of the molecule is CCC(O)(CC)CNCc1cc(Cl)cc([N+](=O)[O-])c1O. The molecule has 0 radical (unpaired) electrons. The van der Waals surface area contributed by atoms with Crippen molar-refractivity contribution in [1.82, 2.24) is 5.32 Å². The zero-order valence-corrected chi connectivity index (χ0v) is 12.3. The van der Waals surface area contributed by atoms with Crippen LogP contribution in [-0.2, 0) is 6.54 Å². The van der Waals surface area contributed by atoms with Crippen molar-refractivity contribution in [3.63, 3.8) is 0 Å². The van der Waals surface area contributed by atoms with Gasteiger partial charge in [-0.1, -0.05) is 25.4 Å². The third-order valence-corrected chi connectivity index (χ3v) is 3.63. The van der Waals surface area contributed by atoms with Gasteiger partial charge < -0.3 is 15.5 Å². The lowest BCUT2D eigenvalue weighted by atomic mass is 9.97. The van der Waals surface area contributed by atoms with Crippen molar-refractivity contribution >= 4 is 17.3 Å². The molecule has 0 unspecified atom stereocenters. The molecule has 0 spiro atoms. The van der Waals surface area contributed by atoms with Gasteiger partial charge >= 0.3 is 5.69 Å². The molecule has 1 aromatic carbocycles. The van der Waals surface area contributed by atoms with Crippen LogP contribution in [0.5, 0.6) is 5.75 Å². The van der Waals surface area contributed by atoms with Crippen molar-refractivity contribution in [3.8, 4) is 5.75 Å². The molecule has 1 aromatic rings. The third-order valence-electron chi connectivity index (χ3n) is 3.42. The number of halogens is 1. The third kappa shape index (κ3) is 4.06. The summed E-state index contributed by atoms with van der Waals surface area (Å²) in [6.45, 7) is 4.29. The lowest BCUT2D eigenvalue weighted by molar-refractivity contribution is -0.385. The van der Waals surface area contributed by atoms with E-state index >= 15 is 0 Å². The first-order valence-corrected chi connectivity index (χ1v) is 6.79. The van der Waals surface area contributed by atoms with E-state index in [0.29, 0.717) is 24.9 Å². The van der Waals surface area contributed by atoms with Crippen LogP contribution in [0, 0.1) is 10.1 Å². The Morgan fingerprint density at radius 2 is 2.00 bits per heavy atom. The highest BCUT2D eigenvalue weighted by Crippen LogP contribution is 2.33. The Morgan fingerprint density at radius 1 is 1.40 bits per heavy atom. The van der Waals surface area contributed by atoms with Crippen LogP contribution in [-0.4, -0.2) is 27.3 Å². The maximum absolute atomic E-state index is 10.8. The molecule has 0 atom stereocenters. The summed E-state index contributed by atoms with van der Waals surface area (Å²) < 4.78 is 0. The standard InChI is InChI=1S/C13H19ClN2O4/c1-3-13(18,4-2)8-15-7-9-5-10(14)6-11(12(9)17)16(19)20/h5-6,15,17-18H,3-4,7-8H2,1-2H3. The Bertz CT molecular complexity index is 490. The molecule has 0 saturated carbocycles. The number of hydrogen-bond acceptors (Lipinski definition) is 5. The van der Waals surface area contributed by atoms with Crippen LogP contribution in [0.2, 0.25) is 5.02 Å². The highest BCUT2D eigenvalue weighted by Gasteiger charge is 2.22. The summed E-state index contributed by atoms with van der Waals surface area (Å²) in [6, 6.07) is 2.57. The van der Waals surface area contributed by atoms with Gasteiger partial charge in [0.25, 0.3) is 0 Å². The number of phenolic OH excluding ortho intramolecular Hbond substituents is 1. The van der Waals surface area contributed by atoms with Gasteiger partial charge in [0.05, 0.1) is 10.5 Å². The maximum atomic E-state index is 10.8. The number of aliphatic hydroxyl groups is 1. The molecule has 0 aliphatic rings. The monoisotopic (exact) mass is 302 g/mol. The van der Waals surface area contributed by atoms with Crippen molar-refractivity contribution in [3.05, 3.63) is 32.8 Å². The number of rotatable bonds is 7. The molecule has 0 aliphatic carbocycles. The molecule has 7 heteroatoms. The second-order valence-electron chi connectivity index (χ2n) is 4.72. The molecule has 0 aromatic heterocycles. The van der Waals surface area contributed by atoms with Gasteiger partial charge in [0.15, 0.2) is 5.75 Å². The van der Waals surface area contributed by atoms with E-state index in [2.05, 4.69) is 5.32 Å². The normalized spacial score (nSPS) is 11.6. The van der Waals surface area contributed by atoms with E-state index < -0.39 is 22.0 Å². The van der Waals surface area contributed by atoms with Gasteiger partial charge in [-0.05, 0) is 18.9 Å². The van der Waals surface area contributed by atoms with E-state index in [4.69, 9.17) is 11.6 Å². The Kier molecular flexibility index (Phi) is 5.74. The fourth-order valence-corrected chi connectivity index (χ4v) is 2.08. The van der Waals surface area contributed by atoms with Crippen LogP contribution in [0.25, 0.3) is 0 Å². The lowest BCUT2D eigenvalue weighted by Crippen LogP contribution is -2.39. The molecular formula is C13H19ClN2O4. The summed E-state index contributed by atoms with van der Waals surface area (Å²) in [4.78, 5) is 10.1. The molecule has 6 nitrogen and oxygen atoms in total. The Hall–Kier alpha value is -1.37.